The molecule has 0 radical (unpaired) electrons. The van der Waals surface area contributed by atoms with E-state index in [1.165, 1.54) is 0 Å². The molecule has 4 N–H and O–H groups in total. The van der Waals surface area contributed by atoms with Crippen molar-refractivity contribution in [3.63, 3.8) is 0 Å². The summed E-state index contributed by atoms with van der Waals surface area (Å²) in [5, 5.41) is 3.22. The third-order valence-electron chi connectivity index (χ3n) is 2.32. The summed E-state index contributed by atoms with van der Waals surface area (Å²) in [6, 6.07) is 5.96. The van der Waals surface area contributed by atoms with Crippen LogP contribution in [0, 0.1) is 6.92 Å². The smallest absolute Gasteiger partial charge is 0.239 e. The Labute approximate surface area is 121 Å². The number of hydrogen-bond acceptors (Lipinski definition) is 5. The largest absolute Gasteiger partial charge is 0.338 e. The maximum Gasteiger partial charge on any atom is 0.239 e. The van der Waals surface area contributed by atoms with Gasteiger partial charge in [0.25, 0.3) is 0 Å². The Morgan fingerprint density at radius 3 is 2.78 bits per heavy atom. The van der Waals surface area contributed by atoms with E-state index in [-0.39, 0.29) is 0 Å². The molecule has 2 rings (SSSR count). The van der Waals surface area contributed by atoms with Gasteiger partial charge >= 0.3 is 0 Å². The lowest BCUT2D eigenvalue weighted by Crippen LogP contribution is -2.11. The number of nitrogens with zero attached hydrogens (tertiary/aromatic N) is 2. The van der Waals surface area contributed by atoms with E-state index in [1.807, 2.05) is 25.1 Å². The number of aryl methyl sites for hydroxylation is 1. The van der Waals surface area contributed by atoms with E-state index in [4.69, 9.17) is 5.84 Å². The molecule has 1 heterocycles. The predicted octanol–water partition coefficient (Wildman–Crippen LogP) is 3.34. The fourth-order valence-electron chi connectivity index (χ4n) is 1.40. The van der Waals surface area contributed by atoms with Crippen molar-refractivity contribution in [3.8, 4) is 0 Å². The Hall–Kier alpha value is -1.18. The van der Waals surface area contributed by atoms with Gasteiger partial charge in [-0.3, -0.25) is 5.43 Å². The number of nitrogen functional groups attached to an aromatic ring is 1. The topological polar surface area (TPSA) is 75.9 Å². The lowest BCUT2D eigenvalue weighted by Gasteiger charge is -2.11. The van der Waals surface area contributed by atoms with Crippen LogP contribution in [0.1, 0.15) is 5.56 Å². The van der Waals surface area contributed by atoms with Gasteiger partial charge in [0.2, 0.25) is 5.95 Å². The number of aromatic nitrogens is 2. The average molecular weight is 373 g/mol. The second-order valence-electron chi connectivity index (χ2n) is 3.60. The maximum atomic E-state index is 5.29. The van der Waals surface area contributed by atoms with Crippen LogP contribution in [0.3, 0.4) is 0 Å². The maximum absolute atomic E-state index is 5.29. The standard InChI is InChI=1S/C11H11Br2N5/c1-6-3-2-4-8(9(6)13)16-10-7(12)5-15-11(17-10)18-14/h2-5H,14H2,1H3,(H2,15,16,17,18). The first-order valence-corrected chi connectivity index (χ1v) is 6.71. The number of rotatable bonds is 3. The first-order chi connectivity index (χ1) is 8.61. The number of nitrogens with one attached hydrogen (secondary N) is 2. The van der Waals surface area contributed by atoms with Gasteiger partial charge in [0.05, 0.1) is 10.2 Å². The van der Waals surface area contributed by atoms with Crippen molar-refractivity contribution in [2.24, 2.45) is 5.84 Å². The van der Waals surface area contributed by atoms with Crippen LogP contribution in [0.4, 0.5) is 17.5 Å². The number of anilines is 3. The van der Waals surface area contributed by atoms with Crippen molar-refractivity contribution in [3.05, 3.63) is 38.9 Å². The summed E-state index contributed by atoms with van der Waals surface area (Å²) in [5.41, 5.74) is 4.48. The van der Waals surface area contributed by atoms with E-state index in [1.54, 1.807) is 6.20 Å². The van der Waals surface area contributed by atoms with Crippen molar-refractivity contribution in [1.82, 2.24) is 9.97 Å². The molecule has 0 saturated carbocycles. The Bertz CT molecular complexity index is 573. The summed E-state index contributed by atoms with van der Waals surface area (Å²) in [6.07, 6.45) is 1.63. The van der Waals surface area contributed by atoms with E-state index in [0.29, 0.717) is 11.8 Å². The van der Waals surface area contributed by atoms with E-state index < -0.39 is 0 Å². The zero-order valence-corrected chi connectivity index (χ0v) is 12.7. The molecular weight excluding hydrogens is 362 g/mol. The summed E-state index contributed by atoms with van der Waals surface area (Å²) in [4.78, 5) is 8.22. The average Bonchev–Trinajstić information content (AvgIpc) is 2.37. The summed E-state index contributed by atoms with van der Waals surface area (Å²) in [7, 11) is 0. The van der Waals surface area contributed by atoms with Gasteiger partial charge in [-0.05, 0) is 50.4 Å². The van der Waals surface area contributed by atoms with Crippen molar-refractivity contribution in [2.45, 2.75) is 6.92 Å². The molecule has 1 aromatic heterocycles. The van der Waals surface area contributed by atoms with E-state index in [2.05, 4.69) is 52.6 Å². The first kappa shape index (κ1) is 13.3. The fraction of sp³-hybridized carbons (Fsp3) is 0.0909. The van der Waals surface area contributed by atoms with Crippen molar-refractivity contribution in [2.75, 3.05) is 10.7 Å². The van der Waals surface area contributed by atoms with Crippen LogP contribution in [-0.4, -0.2) is 9.97 Å². The highest BCUT2D eigenvalue weighted by Gasteiger charge is 2.08. The van der Waals surface area contributed by atoms with Gasteiger partial charge in [-0.15, -0.1) is 0 Å². The normalized spacial score (nSPS) is 10.2. The zero-order chi connectivity index (χ0) is 13.1. The highest BCUT2D eigenvalue weighted by atomic mass is 79.9. The number of hydrogen-bond donors (Lipinski definition) is 3. The summed E-state index contributed by atoms with van der Waals surface area (Å²) in [6.45, 7) is 2.02. The molecule has 7 heteroatoms. The van der Waals surface area contributed by atoms with Crippen molar-refractivity contribution >= 4 is 49.3 Å². The highest BCUT2D eigenvalue weighted by Crippen LogP contribution is 2.30. The monoisotopic (exact) mass is 371 g/mol. The quantitative estimate of drug-likeness (QED) is 0.569. The second kappa shape index (κ2) is 5.64. The summed E-state index contributed by atoms with van der Waals surface area (Å²) in [5.74, 6) is 6.28. The van der Waals surface area contributed by atoms with Crippen LogP contribution < -0.4 is 16.6 Å². The van der Waals surface area contributed by atoms with Gasteiger partial charge in [0, 0.05) is 10.7 Å². The van der Waals surface area contributed by atoms with Crippen molar-refractivity contribution in [1.29, 1.82) is 0 Å². The molecule has 1 aromatic carbocycles. The predicted molar refractivity (Wildman–Crippen MR) is 79.7 cm³/mol. The molecule has 0 aliphatic rings. The van der Waals surface area contributed by atoms with Gasteiger partial charge in [0.15, 0.2) is 0 Å². The van der Waals surface area contributed by atoms with E-state index >= 15 is 0 Å². The molecule has 0 aliphatic carbocycles. The van der Waals surface area contributed by atoms with Crippen LogP contribution in [0.15, 0.2) is 33.3 Å². The Kier molecular flexibility index (Phi) is 4.15. The van der Waals surface area contributed by atoms with E-state index in [9.17, 15) is 0 Å². The molecule has 0 spiro atoms. The molecule has 5 nitrogen and oxygen atoms in total. The third kappa shape index (κ3) is 2.80. The first-order valence-electron chi connectivity index (χ1n) is 5.13. The SMILES string of the molecule is Cc1cccc(Nc2nc(NN)ncc2Br)c1Br. The minimum Gasteiger partial charge on any atom is -0.338 e. The van der Waals surface area contributed by atoms with Gasteiger partial charge in [0.1, 0.15) is 5.82 Å². The summed E-state index contributed by atoms with van der Waals surface area (Å²) < 4.78 is 1.76. The molecule has 0 atom stereocenters. The number of halogens is 2. The molecule has 0 fully saturated rings. The molecule has 0 saturated heterocycles. The molecular formula is C11H11Br2N5. The lowest BCUT2D eigenvalue weighted by atomic mass is 10.2. The summed E-state index contributed by atoms with van der Waals surface area (Å²) >= 11 is 6.93. The lowest BCUT2D eigenvalue weighted by molar-refractivity contribution is 1.11. The van der Waals surface area contributed by atoms with Gasteiger partial charge < -0.3 is 5.32 Å². The number of hydrazine groups is 1. The number of benzene rings is 1. The van der Waals surface area contributed by atoms with Crippen LogP contribution >= 0.6 is 31.9 Å². The minimum atomic E-state index is 0.351. The van der Waals surface area contributed by atoms with Gasteiger partial charge in [-0.25, -0.2) is 10.8 Å². The molecule has 0 amide bonds. The van der Waals surface area contributed by atoms with Crippen LogP contribution in [-0.2, 0) is 0 Å². The van der Waals surface area contributed by atoms with Gasteiger partial charge in [-0.2, -0.15) is 4.98 Å². The zero-order valence-electron chi connectivity index (χ0n) is 9.54. The molecule has 0 bridgehead atoms. The van der Waals surface area contributed by atoms with Crippen molar-refractivity contribution < 1.29 is 0 Å². The number of nitrogens with two attached hydrogens (primary N) is 1. The fourth-order valence-corrected chi connectivity index (χ4v) is 2.05. The molecule has 18 heavy (non-hydrogen) atoms. The van der Waals surface area contributed by atoms with Crippen LogP contribution in [0.2, 0.25) is 0 Å². The molecule has 0 aliphatic heterocycles. The third-order valence-corrected chi connectivity index (χ3v) is 3.95. The van der Waals surface area contributed by atoms with Gasteiger partial charge in [-0.1, -0.05) is 12.1 Å². The molecule has 94 valence electrons. The Morgan fingerprint density at radius 2 is 2.06 bits per heavy atom. The van der Waals surface area contributed by atoms with E-state index in [0.717, 1.165) is 20.2 Å². The molecule has 0 unspecified atom stereocenters. The highest BCUT2D eigenvalue weighted by molar-refractivity contribution is 9.11. The minimum absolute atomic E-state index is 0.351. The van der Waals surface area contributed by atoms with Crippen LogP contribution in [0.5, 0.6) is 0 Å². The van der Waals surface area contributed by atoms with Crippen LogP contribution in [0.25, 0.3) is 0 Å². The Morgan fingerprint density at radius 1 is 1.28 bits per heavy atom. The molecule has 2 aromatic rings. The second-order valence-corrected chi connectivity index (χ2v) is 5.24. The Balaban J connectivity index is 2.36.